The van der Waals surface area contributed by atoms with E-state index < -0.39 is 5.92 Å². The summed E-state index contributed by atoms with van der Waals surface area (Å²) in [5, 5.41) is 0. The van der Waals surface area contributed by atoms with Crippen LogP contribution in [0.4, 0.5) is 8.78 Å². The van der Waals surface area contributed by atoms with Crippen molar-refractivity contribution in [3.05, 3.63) is 137 Å². The maximum atomic E-state index is 12.6. The minimum atomic E-state index is -2.72. The highest BCUT2D eigenvalue weighted by atomic mass is 19.3. The van der Waals surface area contributed by atoms with Crippen LogP contribution in [0.25, 0.3) is 5.57 Å². The van der Waals surface area contributed by atoms with Crippen LogP contribution in [0.15, 0.2) is 115 Å². The first kappa shape index (κ1) is 45.8. The summed E-state index contributed by atoms with van der Waals surface area (Å²) in [6.07, 6.45) is 22.4. The molecule has 0 spiro atoms. The molecule has 1 aliphatic carbocycles. The number of alkyl halides is 2. The van der Waals surface area contributed by atoms with Gasteiger partial charge in [-0.3, -0.25) is 0 Å². The average Bonchev–Trinajstić information content (AvgIpc) is 3.24. The molecular weight excluding hydrogens is 580 g/mol. The summed E-state index contributed by atoms with van der Waals surface area (Å²) in [6, 6.07) is 14.6. The van der Waals surface area contributed by atoms with Crippen molar-refractivity contribution in [1.29, 1.82) is 0 Å². The highest BCUT2D eigenvalue weighted by molar-refractivity contribution is 5.77. The number of allylic oxidation sites excluding steroid dienone is 9. The summed E-state index contributed by atoms with van der Waals surface area (Å²) < 4.78 is 25.3. The van der Waals surface area contributed by atoms with Crippen LogP contribution in [-0.2, 0) is 5.92 Å². The highest BCUT2D eigenvalue weighted by Crippen LogP contribution is 2.27. The van der Waals surface area contributed by atoms with E-state index >= 15 is 0 Å². The summed E-state index contributed by atoms with van der Waals surface area (Å²) in [4.78, 5) is 2.18. The lowest BCUT2D eigenvalue weighted by atomic mass is 9.98. The van der Waals surface area contributed by atoms with Gasteiger partial charge in [-0.15, -0.1) is 0 Å². The number of hydrogen-bond donors (Lipinski definition) is 0. The van der Waals surface area contributed by atoms with E-state index in [1.54, 1.807) is 19.1 Å². The molecule has 1 aliphatic rings. The van der Waals surface area contributed by atoms with Crippen LogP contribution in [0.3, 0.4) is 0 Å². The summed E-state index contributed by atoms with van der Waals surface area (Å²) in [5.74, 6) is -2.72. The monoisotopic (exact) mass is 648 g/mol. The van der Waals surface area contributed by atoms with Crippen LogP contribution >= 0.6 is 0 Å². The van der Waals surface area contributed by atoms with E-state index in [1.807, 2.05) is 32.9 Å². The Morgan fingerprint density at radius 2 is 1.62 bits per heavy atom. The van der Waals surface area contributed by atoms with Crippen LogP contribution in [0, 0.1) is 13.8 Å². The van der Waals surface area contributed by atoms with Gasteiger partial charge in [0.05, 0.1) is 0 Å². The molecule has 47 heavy (non-hydrogen) atoms. The SMILES string of the molecule is C/C=C\CCN(C)C.C=C(C)C(=C)c1ccccc1C.CC.CCCCCCC1=CC(C)=CCC=C1.Cc1cccc(C(C)(F)F)c1. The van der Waals surface area contributed by atoms with Gasteiger partial charge in [-0.25, -0.2) is 8.78 Å². The lowest BCUT2D eigenvalue weighted by Gasteiger charge is -2.10. The Bertz CT molecular complexity index is 1250. The summed E-state index contributed by atoms with van der Waals surface area (Å²) in [7, 11) is 4.17. The standard InChI is InChI=1S/C14H22.C12H14.C9H10F2.C7H15N.C2H6/c1-3-4-5-6-10-14-11-8-7-9-13(2)12-14;1-9(2)11(4)12-8-6-5-7-10(12)3;1-7-4-3-5-8(6-7)9(2,10)11;1-4-5-6-7-8(2)3;1-2/h8-9,11-12H,3-7,10H2,1-2H3;5-8H,1,4H2,2-3H3;3-6H,1-2H3;4-5H,6-7H2,1-3H3;1-2H3/b;;;5-4-;. The molecule has 3 rings (SSSR count). The van der Waals surface area contributed by atoms with E-state index in [0.29, 0.717) is 0 Å². The number of hydrogen-bond acceptors (Lipinski definition) is 1. The second-order valence-corrected chi connectivity index (χ2v) is 12.1. The minimum absolute atomic E-state index is 0.0810. The summed E-state index contributed by atoms with van der Waals surface area (Å²) in [5.41, 5.74) is 8.39. The molecule has 0 saturated heterocycles. The van der Waals surface area contributed by atoms with Gasteiger partial charge in [-0.1, -0.05) is 155 Å². The van der Waals surface area contributed by atoms with Crippen molar-refractivity contribution in [2.75, 3.05) is 20.6 Å². The van der Waals surface area contributed by atoms with Gasteiger partial charge in [0.1, 0.15) is 0 Å². The van der Waals surface area contributed by atoms with Crippen molar-refractivity contribution in [2.24, 2.45) is 0 Å². The molecule has 0 unspecified atom stereocenters. The molecule has 0 saturated carbocycles. The third-order valence-electron chi connectivity index (χ3n) is 7.13. The highest BCUT2D eigenvalue weighted by Gasteiger charge is 2.23. The number of unbranched alkanes of at least 4 members (excludes halogenated alkanes) is 3. The molecule has 2 aromatic carbocycles. The van der Waals surface area contributed by atoms with Crippen LogP contribution < -0.4 is 0 Å². The Morgan fingerprint density at radius 3 is 2.13 bits per heavy atom. The molecule has 0 bridgehead atoms. The second-order valence-electron chi connectivity index (χ2n) is 12.1. The summed E-state index contributed by atoms with van der Waals surface area (Å²) in [6.45, 7) is 26.3. The fourth-order valence-corrected chi connectivity index (χ4v) is 4.34. The van der Waals surface area contributed by atoms with E-state index in [-0.39, 0.29) is 5.56 Å². The number of halogens is 2. The maximum Gasteiger partial charge on any atom is 0.270 e. The normalized spacial score (nSPS) is 12.0. The Morgan fingerprint density at radius 1 is 0.957 bits per heavy atom. The molecular formula is C44H67F2N. The number of nitrogens with zero attached hydrogens (tertiary/aromatic N) is 1. The van der Waals surface area contributed by atoms with Gasteiger partial charge < -0.3 is 4.90 Å². The predicted octanol–water partition coefficient (Wildman–Crippen LogP) is 14.0. The van der Waals surface area contributed by atoms with Crippen molar-refractivity contribution in [3.63, 3.8) is 0 Å². The van der Waals surface area contributed by atoms with Gasteiger partial charge in [0.25, 0.3) is 5.92 Å². The van der Waals surface area contributed by atoms with Crippen molar-refractivity contribution in [2.45, 2.75) is 113 Å². The van der Waals surface area contributed by atoms with Crippen LogP contribution in [0.1, 0.15) is 116 Å². The topological polar surface area (TPSA) is 3.24 Å². The Labute approximate surface area is 289 Å². The zero-order valence-electron chi connectivity index (χ0n) is 31.9. The second kappa shape index (κ2) is 27.8. The third-order valence-corrected chi connectivity index (χ3v) is 7.13. The molecule has 262 valence electrons. The molecule has 0 heterocycles. The van der Waals surface area contributed by atoms with E-state index in [4.69, 9.17) is 0 Å². The van der Waals surface area contributed by atoms with E-state index in [0.717, 1.165) is 36.6 Å². The largest absolute Gasteiger partial charge is 0.309 e. The molecule has 1 nitrogen and oxygen atoms in total. The fourth-order valence-electron chi connectivity index (χ4n) is 4.34. The molecule has 0 N–H and O–H groups in total. The van der Waals surface area contributed by atoms with Crippen molar-refractivity contribution in [1.82, 2.24) is 4.90 Å². The van der Waals surface area contributed by atoms with Crippen LogP contribution in [0.2, 0.25) is 0 Å². The molecule has 2 aromatic rings. The average molecular weight is 648 g/mol. The molecule has 0 radical (unpaired) electrons. The van der Waals surface area contributed by atoms with Gasteiger partial charge in [0.2, 0.25) is 0 Å². The van der Waals surface area contributed by atoms with Gasteiger partial charge in [-0.05, 0) is 96.7 Å². The zero-order chi connectivity index (χ0) is 36.3. The fraction of sp³-hybridized carbons (Fsp3) is 0.455. The predicted molar refractivity (Wildman–Crippen MR) is 209 cm³/mol. The van der Waals surface area contributed by atoms with Crippen molar-refractivity contribution >= 4 is 5.57 Å². The quantitative estimate of drug-likeness (QED) is 0.133. The molecule has 0 aliphatic heterocycles. The van der Waals surface area contributed by atoms with Gasteiger partial charge in [0.15, 0.2) is 0 Å². The first-order valence-electron chi connectivity index (χ1n) is 17.4. The first-order chi connectivity index (χ1) is 22.2. The molecule has 0 aromatic heterocycles. The molecule has 0 fully saturated rings. The Hall–Kier alpha value is -3.30. The van der Waals surface area contributed by atoms with Crippen LogP contribution in [-0.4, -0.2) is 25.5 Å². The lowest BCUT2D eigenvalue weighted by molar-refractivity contribution is 0.0174. The van der Waals surface area contributed by atoms with Gasteiger partial charge in [-0.2, -0.15) is 0 Å². The van der Waals surface area contributed by atoms with Gasteiger partial charge >= 0.3 is 0 Å². The minimum Gasteiger partial charge on any atom is -0.309 e. The van der Waals surface area contributed by atoms with Crippen molar-refractivity contribution < 1.29 is 8.78 Å². The van der Waals surface area contributed by atoms with E-state index in [1.165, 1.54) is 72.9 Å². The third kappa shape index (κ3) is 24.5. The Balaban J connectivity index is 0. The smallest absolute Gasteiger partial charge is 0.270 e. The van der Waals surface area contributed by atoms with Crippen molar-refractivity contribution in [3.8, 4) is 0 Å². The molecule has 0 amide bonds. The number of benzene rings is 2. The first-order valence-corrected chi connectivity index (χ1v) is 17.4. The zero-order valence-corrected chi connectivity index (χ0v) is 31.9. The maximum absolute atomic E-state index is 12.6. The number of rotatable bonds is 11. The van der Waals surface area contributed by atoms with Gasteiger partial charge in [0, 0.05) is 19.0 Å². The lowest BCUT2D eigenvalue weighted by Crippen LogP contribution is -2.11. The Kier molecular flexibility index (Phi) is 27.1. The van der Waals surface area contributed by atoms with Crippen LogP contribution in [0.5, 0.6) is 0 Å². The van der Waals surface area contributed by atoms with E-state index in [9.17, 15) is 8.78 Å². The number of aryl methyl sites for hydroxylation is 2. The summed E-state index contributed by atoms with van der Waals surface area (Å²) >= 11 is 0. The molecule has 0 atom stereocenters. The van der Waals surface area contributed by atoms with E-state index in [2.05, 4.69) is 108 Å². The molecule has 3 heteroatoms.